The van der Waals surface area contributed by atoms with E-state index < -0.39 is 0 Å². The van der Waals surface area contributed by atoms with Crippen molar-refractivity contribution in [2.75, 3.05) is 5.32 Å². The molecule has 3 N–H and O–H groups in total. The van der Waals surface area contributed by atoms with Crippen molar-refractivity contribution in [1.82, 2.24) is 4.98 Å². The molecule has 2 heterocycles. The van der Waals surface area contributed by atoms with Crippen molar-refractivity contribution in [2.45, 2.75) is 6.54 Å². The molecule has 0 bridgehead atoms. The minimum Gasteiger partial charge on any atom is -0.444 e. The minimum atomic E-state index is 0.411. The van der Waals surface area contributed by atoms with E-state index in [4.69, 9.17) is 10.2 Å². The molecule has 2 aromatic rings. The predicted molar refractivity (Wildman–Crippen MR) is 54.1 cm³/mol. The molecule has 72 valence electrons. The number of nitrogens with two attached hydrogens (primary N) is 1. The van der Waals surface area contributed by atoms with E-state index in [9.17, 15) is 0 Å². The van der Waals surface area contributed by atoms with Gasteiger partial charge < -0.3 is 15.5 Å². The molecule has 0 amide bonds. The predicted octanol–water partition coefficient (Wildman–Crippen LogP) is 1.88. The summed E-state index contributed by atoms with van der Waals surface area (Å²) in [6, 6.07) is 7.46. The Kier molecular flexibility index (Phi) is 2.46. The van der Waals surface area contributed by atoms with Gasteiger partial charge in [0.2, 0.25) is 0 Å². The second-order valence-corrected chi connectivity index (χ2v) is 2.84. The number of hydrogen-bond acceptors (Lipinski definition) is 4. The molecule has 14 heavy (non-hydrogen) atoms. The van der Waals surface area contributed by atoms with Crippen LogP contribution >= 0.6 is 0 Å². The maximum atomic E-state index is 5.42. The molecule has 0 saturated heterocycles. The number of anilines is 2. The number of hydrogen-bond donors (Lipinski definition) is 2. The lowest BCUT2D eigenvalue weighted by Gasteiger charge is -2.00. The van der Waals surface area contributed by atoms with Gasteiger partial charge in [-0.15, -0.1) is 0 Å². The third kappa shape index (κ3) is 1.92. The molecule has 0 saturated carbocycles. The number of aromatic nitrogens is 1. The van der Waals surface area contributed by atoms with E-state index in [0.29, 0.717) is 12.4 Å². The van der Waals surface area contributed by atoms with E-state index in [0.717, 1.165) is 11.4 Å². The van der Waals surface area contributed by atoms with Crippen LogP contribution in [-0.2, 0) is 6.54 Å². The first-order valence-electron chi connectivity index (χ1n) is 4.34. The van der Waals surface area contributed by atoms with Crippen molar-refractivity contribution in [3.05, 3.63) is 42.4 Å². The molecule has 0 spiro atoms. The van der Waals surface area contributed by atoms with Crippen molar-refractivity contribution < 1.29 is 4.42 Å². The molecule has 0 aliphatic carbocycles. The maximum absolute atomic E-state index is 5.42. The van der Waals surface area contributed by atoms with Crippen molar-refractivity contribution >= 4 is 11.6 Å². The Morgan fingerprint density at radius 3 is 2.93 bits per heavy atom. The van der Waals surface area contributed by atoms with Gasteiger partial charge in [-0.25, -0.2) is 0 Å². The van der Waals surface area contributed by atoms with Gasteiger partial charge in [-0.3, -0.25) is 4.98 Å². The fraction of sp³-hybridized carbons (Fsp3) is 0.100. The van der Waals surface area contributed by atoms with Crippen molar-refractivity contribution in [3.63, 3.8) is 0 Å². The first-order chi connectivity index (χ1) is 6.88. The normalized spacial score (nSPS) is 10.1. The van der Waals surface area contributed by atoms with Gasteiger partial charge in [0.05, 0.1) is 18.4 Å². The van der Waals surface area contributed by atoms with Gasteiger partial charge in [0.15, 0.2) is 5.88 Å². The molecule has 0 unspecified atom stereocenters. The summed E-state index contributed by atoms with van der Waals surface area (Å²) in [4.78, 5) is 3.98. The van der Waals surface area contributed by atoms with Gasteiger partial charge in [-0.05, 0) is 18.2 Å². The highest BCUT2D eigenvalue weighted by Crippen LogP contribution is 2.17. The first-order valence-corrected chi connectivity index (χ1v) is 4.34. The summed E-state index contributed by atoms with van der Waals surface area (Å²) in [5, 5.41) is 3.07. The molecule has 0 radical (unpaired) electrons. The molecule has 2 rings (SSSR count). The van der Waals surface area contributed by atoms with Crippen LogP contribution in [0.15, 0.2) is 41.1 Å². The Morgan fingerprint density at radius 2 is 2.29 bits per heavy atom. The molecular formula is C10H11N3O. The fourth-order valence-corrected chi connectivity index (χ4v) is 1.13. The van der Waals surface area contributed by atoms with Crippen molar-refractivity contribution in [2.24, 2.45) is 5.73 Å². The monoisotopic (exact) mass is 189 g/mol. The van der Waals surface area contributed by atoms with Crippen LogP contribution in [0.3, 0.4) is 0 Å². The molecule has 4 nitrogen and oxygen atoms in total. The second kappa shape index (κ2) is 3.93. The lowest BCUT2D eigenvalue weighted by Crippen LogP contribution is -1.93. The van der Waals surface area contributed by atoms with Crippen LogP contribution in [0.1, 0.15) is 5.76 Å². The third-order valence-corrected chi connectivity index (χ3v) is 1.79. The van der Waals surface area contributed by atoms with E-state index in [1.165, 1.54) is 0 Å². The summed E-state index contributed by atoms with van der Waals surface area (Å²) >= 11 is 0. The summed E-state index contributed by atoms with van der Waals surface area (Å²) < 4.78 is 5.37. The summed E-state index contributed by atoms with van der Waals surface area (Å²) in [5.41, 5.74) is 6.32. The largest absolute Gasteiger partial charge is 0.444 e. The fourth-order valence-electron chi connectivity index (χ4n) is 1.13. The average Bonchev–Trinajstić information content (AvgIpc) is 2.67. The molecule has 2 aromatic heterocycles. The number of furan rings is 1. The van der Waals surface area contributed by atoms with E-state index in [-0.39, 0.29) is 0 Å². The van der Waals surface area contributed by atoms with Gasteiger partial charge in [0.1, 0.15) is 5.76 Å². The molecule has 0 aliphatic rings. The summed E-state index contributed by atoms with van der Waals surface area (Å²) in [6.45, 7) is 0.411. The molecule has 0 atom stereocenters. The first kappa shape index (κ1) is 8.77. The van der Waals surface area contributed by atoms with Crippen LogP contribution in [-0.4, -0.2) is 4.98 Å². The highest BCUT2D eigenvalue weighted by atomic mass is 16.4. The van der Waals surface area contributed by atoms with Gasteiger partial charge in [0.25, 0.3) is 0 Å². The lowest BCUT2D eigenvalue weighted by molar-refractivity contribution is 0.528. The van der Waals surface area contributed by atoms with Crippen LogP contribution in [0.4, 0.5) is 11.6 Å². The van der Waals surface area contributed by atoms with E-state index in [2.05, 4.69) is 10.3 Å². The third-order valence-electron chi connectivity index (χ3n) is 1.79. The van der Waals surface area contributed by atoms with Crippen LogP contribution in [0.5, 0.6) is 0 Å². The Labute approximate surface area is 81.8 Å². The SMILES string of the molecule is NCc1ccc(Nc2cccnc2)o1. The Balaban J connectivity index is 2.11. The zero-order valence-corrected chi connectivity index (χ0v) is 7.60. The van der Waals surface area contributed by atoms with Crippen molar-refractivity contribution in [1.29, 1.82) is 0 Å². The minimum absolute atomic E-state index is 0.411. The maximum Gasteiger partial charge on any atom is 0.197 e. The topological polar surface area (TPSA) is 64.1 Å². The Bertz CT molecular complexity index is 397. The van der Waals surface area contributed by atoms with Gasteiger partial charge in [-0.2, -0.15) is 0 Å². The second-order valence-electron chi connectivity index (χ2n) is 2.84. The zero-order valence-electron chi connectivity index (χ0n) is 7.60. The highest BCUT2D eigenvalue weighted by molar-refractivity contribution is 5.53. The molecule has 0 fully saturated rings. The number of nitrogens with zero attached hydrogens (tertiary/aromatic N) is 1. The van der Waals surface area contributed by atoms with E-state index >= 15 is 0 Å². The van der Waals surface area contributed by atoms with Crippen LogP contribution in [0.2, 0.25) is 0 Å². The summed E-state index contributed by atoms with van der Waals surface area (Å²) in [5.74, 6) is 1.44. The van der Waals surface area contributed by atoms with Crippen LogP contribution in [0, 0.1) is 0 Å². The molecule has 0 aromatic carbocycles. The lowest BCUT2D eigenvalue weighted by atomic mass is 10.4. The summed E-state index contributed by atoms with van der Waals surface area (Å²) in [6.07, 6.45) is 3.45. The van der Waals surface area contributed by atoms with Crippen LogP contribution < -0.4 is 11.1 Å². The van der Waals surface area contributed by atoms with Crippen LogP contribution in [0.25, 0.3) is 0 Å². The summed E-state index contributed by atoms with van der Waals surface area (Å²) in [7, 11) is 0. The smallest absolute Gasteiger partial charge is 0.197 e. The quantitative estimate of drug-likeness (QED) is 0.773. The van der Waals surface area contributed by atoms with E-state index in [1.807, 2.05) is 24.3 Å². The highest BCUT2D eigenvalue weighted by Gasteiger charge is 1.99. The molecule has 4 heteroatoms. The molecular weight excluding hydrogens is 178 g/mol. The average molecular weight is 189 g/mol. The number of rotatable bonds is 3. The Morgan fingerprint density at radius 1 is 1.36 bits per heavy atom. The van der Waals surface area contributed by atoms with E-state index in [1.54, 1.807) is 12.4 Å². The molecule has 0 aliphatic heterocycles. The van der Waals surface area contributed by atoms with Gasteiger partial charge in [-0.1, -0.05) is 0 Å². The number of pyridine rings is 1. The van der Waals surface area contributed by atoms with Crippen molar-refractivity contribution in [3.8, 4) is 0 Å². The number of nitrogens with one attached hydrogen (secondary N) is 1. The zero-order chi connectivity index (χ0) is 9.80. The van der Waals surface area contributed by atoms with Gasteiger partial charge >= 0.3 is 0 Å². The Hall–Kier alpha value is -1.81. The van der Waals surface area contributed by atoms with Gasteiger partial charge in [0, 0.05) is 12.3 Å². The standard InChI is InChI=1S/C10H11N3O/c11-6-9-3-4-10(14-9)13-8-2-1-5-12-7-8/h1-5,7,13H,6,11H2.